The summed E-state index contributed by atoms with van der Waals surface area (Å²) < 4.78 is 5.31. The summed E-state index contributed by atoms with van der Waals surface area (Å²) in [4.78, 5) is 12.3. The number of benzene rings is 1. The van der Waals surface area contributed by atoms with Crippen LogP contribution in [0.2, 0.25) is 0 Å². The smallest absolute Gasteiger partial charge is 0.126 e. The lowest BCUT2D eigenvalue weighted by Crippen LogP contribution is -2.32. The molecule has 0 bridgehead atoms. The first kappa shape index (κ1) is 18.4. The minimum Gasteiger partial charge on any atom is -0.497 e. The van der Waals surface area contributed by atoms with Gasteiger partial charge < -0.3 is 9.64 Å². The monoisotopic (exact) mass is 365 g/mol. The van der Waals surface area contributed by atoms with Gasteiger partial charge in [-0.1, -0.05) is 19.3 Å². The molecule has 2 aromatic rings. The number of rotatable bonds is 4. The summed E-state index contributed by atoms with van der Waals surface area (Å²) in [7, 11) is 1.71. The number of methoxy groups -OCH3 is 1. The molecule has 1 aliphatic heterocycles. The molecule has 144 valence electrons. The van der Waals surface area contributed by atoms with Gasteiger partial charge in [-0.05, 0) is 56.4 Å². The molecule has 1 aromatic carbocycles. The fraction of sp³-hybridized carbons (Fsp3) is 0.565. The number of hydrogen-bond acceptors (Lipinski definition) is 4. The number of fused-ring (bicyclic) bond motifs is 1. The van der Waals surface area contributed by atoms with Gasteiger partial charge in [0, 0.05) is 42.9 Å². The largest absolute Gasteiger partial charge is 0.497 e. The second-order valence-electron chi connectivity index (χ2n) is 8.08. The SMILES string of the molecule is COc1ccc(-c2nc(C)nc3c2CCN(CC2CCCCC2)CC3)cc1. The zero-order chi connectivity index (χ0) is 18.6. The molecular formula is C23H31N3O. The number of nitrogens with zero attached hydrogens (tertiary/aromatic N) is 3. The zero-order valence-electron chi connectivity index (χ0n) is 16.7. The average molecular weight is 366 g/mol. The minimum atomic E-state index is 0.875. The minimum absolute atomic E-state index is 0.875. The Bertz CT molecular complexity index is 766. The van der Waals surface area contributed by atoms with Crippen molar-refractivity contribution in [1.82, 2.24) is 14.9 Å². The molecular weight excluding hydrogens is 334 g/mol. The molecule has 1 aromatic heterocycles. The van der Waals surface area contributed by atoms with E-state index in [2.05, 4.69) is 17.0 Å². The van der Waals surface area contributed by atoms with Crippen molar-refractivity contribution in [3.8, 4) is 17.0 Å². The van der Waals surface area contributed by atoms with Gasteiger partial charge in [0.2, 0.25) is 0 Å². The highest BCUT2D eigenvalue weighted by molar-refractivity contribution is 5.65. The van der Waals surface area contributed by atoms with Crippen LogP contribution < -0.4 is 4.74 Å². The molecule has 2 aliphatic rings. The van der Waals surface area contributed by atoms with E-state index in [-0.39, 0.29) is 0 Å². The van der Waals surface area contributed by atoms with E-state index in [1.165, 1.54) is 55.5 Å². The van der Waals surface area contributed by atoms with Crippen LogP contribution in [-0.2, 0) is 12.8 Å². The predicted molar refractivity (Wildman–Crippen MR) is 109 cm³/mol. The summed E-state index contributed by atoms with van der Waals surface area (Å²) in [6, 6.07) is 8.27. The summed E-state index contributed by atoms with van der Waals surface area (Å²) in [6.07, 6.45) is 9.19. The lowest BCUT2D eigenvalue weighted by atomic mass is 9.89. The van der Waals surface area contributed by atoms with Crippen LogP contribution in [0.4, 0.5) is 0 Å². The first-order chi connectivity index (χ1) is 13.2. The third-order valence-corrected chi connectivity index (χ3v) is 6.15. The number of hydrogen-bond donors (Lipinski definition) is 0. The van der Waals surface area contributed by atoms with Crippen molar-refractivity contribution < 1.29 is 4.74 Å². The lowest BCUT2D eigenvalue weighted by Gasteiger charge is -2.28. The Morgan fingerprint density at radius 3 is 2.48 bits per heavy atom. The number of ether oxygens (including phenoxy) is 1. The van der Waals surface area contributed by atoms with E-state index in [9.17, 15) is 0 Å². The summed E-state index contributed by atoms with van der Waals surface area (Å²) in [5, 5.41) is 0. The van der Waals surface area contributed by atoms with Crippen molar-refractivity contribution in [2.45, 2.75) is 51.9 Å². The Labute approximate surface area is 163 Å². The van der Waals surface area contributed by atoms with Crippen LogP contribution in [0.15, 0.2) is 24.3 Å². The third-order valence-electron chi connectivity index (χ3n) is 6.15. The summed E-state index contributed by atoms with van der Waals surface area (Å²) in [6.45, 7) is 5.53. The molecule has 1 saturated carbocycles. The van der Waals surface area contributed by atoms with Crippen molar-refractivity contribution in [2.75, 3.05) is 26.7 Å². The highest BCUT2D eigenvalue weighted by atomic mass is 16.5. The lowest BCUT2D eigenvalue weighted by molar-refractivity contribution is 0.207. The van der Waals surface area contributed by atoms with Crippen LogP contribution in [0.1, 0.15) is 49.2 Å². The van der Waals surface area contributed by atoms with Crippen LogP contribution in [0.3, 0.4) is 0 Å². The predicted octanol–water partition coefficient (Wildman–Crippen LogP) is 4.44. The quantitative estimate of drug-likeness (QED) is 0.803. The highest BCUT2D eigenvalue weighted by Gasteiger charge is 2.23. The average Bonchev–Trinajstić information content (AvgIpc) is 2.91. The maximum absolute atomic E-state index is 5.31. The Morgan fingerprint density at radius 1 is 1.00 bits per heavy atom. The molecule has 0 radical (unpaired) electrons. The maximum Gasteiger partial charge on any atom is 0.126 e. The van der Waals surface area contributed by atoms with E-state index in [0.717, 1.165) is 49.1 Å². The van der Waals surface area contributed by atoms with E-state index in [4.69, 9.17) is 14.7 Å². The van der Waals surface area contributed by atoms with Gasteiger partial charge in [0.1, 0.15) is 11.6 Å². The molecule has 4 rings (SSSR count). The summed E-state index contributed by atoms with van der Waals surface area (Å²) >= 11 is 0. The van der Waals surface area contributed by atoms with Crippen LogP contribution in [0.5, 0.6) is 5.75 Å². The van der Waals surface area contributed by atoms with Gasteiger partial charge in [0.25, 0.3) is 0 Å². The normalized spacial score (nSPS) is 18.7. The second-order valence-corrected chi connectivity index (χ2v) is 8.08. The molecule has 2 heterocycles. The molecule has 0 atom stereocenters. The van der Waals surface area contributed by atoms with E-state index in [0.29, 0.717) is 0 Å². The maximum atomic E-state index is 5.31. The Balaban J connectivity index is 1.55. The van der Waals surface area contributed by atoms with E-state index < -0.39 is 0 Å². The van der Waals surface area contributed by atoms with Crippen LogP contribution >= 0.6 is 0 Å². The summed E-state index contributed by atoms with van der Waals surface area (Å²) in [5.74, 6) is 2.66. The fourth-order valence-electron chi connectivity index (χ4n) is 4.67. The van der Waals surface area contributed by atoms with Crippen LogP contribution in [-0.4, -0.2) is 41.6 Å². The summed E-state index contributed by atoms with van der Waals surface area (Å²) in [5.41, 5.74) is 4.87. The van der Waals surface area contributed by atoms with Crippen molar-refractivity contribution >= 4 is 0 Å². The number of aryl methyl sites for hydroxylation is 1. The van der Waals surface area contributed by atoms with Gasteiger partial charge in [-0.3, -0.25) is 0 Å². The van der Waals surface area contributed by atoms with Gasteiger partial charge in [-0.2, -0.15) is 0 Å². The molecule has 0 N–H and O–H groups in total. The highest BCUT2D eigenvalue weighted by Crippen LogP contribution is 2.29. The van der Waals surface area contributed by atoms with Crippen molar-refractivity contribution in [2.24, 2.45) is 5.92 Å². The molecule has 0 unspecified atom stereocenters. The second kappa shape index (κ2) is 8.39. The van der Waals surface area contributed by atoms with E-state index in [1.807, 2.05) is 19.1 Å². The Kier molecular flexibility index (Phi) is 5.72. The first-order valence-corrected chi connectivity index (χ1v) is 10.5. The van der Waals surface area contributed by atoms with Crippen LogP contribution in [0, 0.1) is 12.8 Å². The molecule has 0 amide bonds. The van der Waals surface area contributed by atoms with Crippen LogP contribution in [0.25, 0.3) is 11.3 Å². The van der Waals surface area contributed by atoms with Crippen molar-refractivity contribution in [1.29, 1.82) is 0 Å². The molecule has 1 fully saturated rings. The molecule has 27 heavy (non-hydrogen) atoms. The third kappa shape index (κ3) is 4.32. The van der Waals surface area contributed by atoms with Crippen molar-refractivity contribution in [3.63, 3.8) is 0 Å². The van der Waals surface area contributed by atoms with E-state index >= 15 is 0 Å². The topological polar surface area (TPSA) is 38.3 Å². The molecule has 0 spiro atoms. The molecule has 0 saturated heterocycles. The standard InChI is InChI=1S/C23H31N3O/c1-17-24-22-13-15-26(16-18-6-4-3-5-7-18)14-12-21(22)23(25-17)19-8-10-20(27-2)11-9-19/h8-11,18H,3-7,12-16H2,1-2H3. The van der Waals surface area contributed by atoms with E-state index in [1.54, 1.807) is 7.11 Å². The zero-order valence-corrected chi connectivity index (χ0v) is 16.7. The Hall–Kier alpha value is -1.94. The molecule has 4 nitrogen and oxygen atoms in total. The fourth-order valence-corrected chi connectivity index (χ4v) is 4.67. The Morgan fingerprint density at radius 2 is 1.74 bits per heavy atom. The number of aromatic nitrogens is 2. The van der Waals surface area contributed by atoms with Crippen molar-refractivity contribution in [3.05, 3.63) is 41.3 Å². The first-order valence-electron chi connectivity index (χ1n) is 10.5. The van der Waals surface area contributed by atoms with Gasteiger partial charge in [-0.25, -0.2) is 9.97 Å². The van der Waals surface area contributed by atoms with Gasteiger partial charge in [0.15, 0.2) is 0 Å². The van der Waals surface area contributed by atoms with Gasteiger partial charge >= 0.3 is 0 Å². The molecule has 1 aliphatic carbocycles. The van der Waals surface area contributed by atoms with Gasteiger partial charge in [0.05, 0.1) is 12.8 Å². The molecule has 4 heteroatoms. The van der Waals surface area contributed by atoms with Gasteiger partial charge in [-0.15, -0.1) is 0 Å².